The van der Waals surface area contributed by atoms with Crippen molar-refractivity contribution >= 4 is 27.8 Å². The maximum Gasteiger partial charge on any atom is 0.344 e. The molecule has 0 aliphatic heterocycles. The Morgan fingerprint density at radius 2 is 1.85 bits per heavy atom. The Kier molecular flexibility index (Phi) is 7.21. The van der Waals surface area contributed by atoms with E-state index < -0.39 is 5.97 Å². The number of esters is 1. The first-order valence-electron chi connectivity index (χ1n) is 8.25. The molecule has 0 bridgehead atoms. The standard InChI is InChI=1S/C20H22BrNO4/c1-13-7-8-16(9-14(13)2)15(3)22-19(23)11-26-20(24)12-25-18-6-4-5-17(21)10-18/h4-10,15H,11-12H2,1-3H3,(H,22,23). The number of rotatable bonds is 7. The van der Waals surface area contributed by atoms with Gasteiger partial charge < -0.3 is 14.8 Å². The molecule has 1 N–H and O–H groups in total. The Morgan fingerprint density at radius 1 is 1.08 bits per heavy atom. The molecule has 0 spiro atoms. The number of hydrogen-bond donors (Lipinski definition) is 1. The zero-order valence-electron chi connectivity index (χ0n) is 15.0. The second-order valence-electron chi connectivity index (χ2n) is 6.04. The predicted octanol–water partition coefficient (Wildman–Crippen LogP) is 3.87. The van der Waals surface area contributed by atoms with Crippen LogP contribution in [-0.4, -0.2) is 25.1 Å². The van der Waals surface area contributed by atoms with E-state index in [1.807, 2.05) is 45.0 Å². The Bertz CT molecular complexity index is 791. The fraction of sp³-hybridized carbons (Fsp3) is 0.300. The predicted molar refractivity (Wildman–Crippen MR) is 103 cm³/mol. The summed E-state index contributed by atoms with van der Waals surface area (Å²) in [5, 5.41) is 2.82. The summed E-state index contributed by atoms with van der Waals surface area (Å²) < 4.78 is 11.1. The second-order valence-corrected chi connectivity index (χ2v) is 6.96. The molecule has 0 aromatic heterocycles. The third kappa shape index (κ3) is 6.19. The van der Waals surface area contributed by atoms with E-state index in [1.54, 1.807) is 18.2 Å². The average Bonchev–Trinajstić information content (AvgIpc) is 2.60. The molecule has 1 atom stereocenters. The van der Waals surface area contributed by atoms with Crippen LogP contribution in [0.4, 0.5) is 0 Å². The lowest BCUT2D eigenvalue weighted by molar-refractivity contribution is -0.150. The van der Waals surface area contributed by atoms with Gasteiger partial charge >= 0.3 is 5.97 Å². The third-order valence-corrected chi connectivity index (χ3v) is 4.42. The van der Waals surface area contributed by atoms with Crippen molar-refractivity contribution in [3.63, 3.8) is 0 Å². The molecule has 138 valence electrons. The van der Waals surface area contributed by atoms with Gasteiger partial charge in [0.1, 0.15) is 5.75 Å². The van der Waals surface area contributed by atoms with Crippen molar-refractivity contribution in [1.82, 2.24) is 5.32 Å². The molecule has 0 fully saturated rings. The van der Waals surface area contributed by atoms with E-state index in [0.717, 1.165) is 10.0 Å². The van der Waals surface area contributed by atoms with Crippen LogP contribution >= 0.6 is 15.9 Å². The van der Waals surface area contributed by atoms with E-state index in [0.29, 0.717) is 5.75 Å². The Hall–Kier alpha value is -2.34. The number of benzene rings is 2. The van der Waals surface area contributed by atoms with E-state index in [2.05, 4.69) is 21.2 Å². The highest BCUT2D eigenvalue weighted by atomic mass is 79.9. The molecule has 2 aromatic rings. The number of hydrogen-bond acceptors (Lipinski definition) is 4. The number of nitrogens with one attached hydrogen (secondary N) is 1. The first kappa shape index (κ1) is 20.0. The van der Waals surface area contributed by atoms with Crippen LogP contribution < -0.4 is 10.1 Å². The summed E-state index contributed by atoms with van der Waals surface area (Å²) in [4.78, 5) is 23.7. The monoisotopic (exact) mass is 419 g/mol. The van der Waals surface area contributed by atoms with Crippen molar-refractivity contribution in [3.05, 3.63) is 63.6 Å². The van der Waals surface area contributed by atoms with Crippen LogP contribution in [0.2, 0.25) is 0 Å². The molecule has 26 heavy (non-hydrogen) atoms. The molecular weight excluding hydrogens is 398 g/mol. The van der Waals surface area contributed by atoms with Crippen LogP contribution in [0.3, 0.4) is 0 Å². The normalized spacial score (nSPS) is 11.5. The van der Waals surface area contributed by atoms with Gasteiger partial charge in [0.2, 0.25) is 0 Å². The molecule has 2 rings (SSSR count). The van der Waals surface area contributed by atoms with E-state index >= 15 is 0 Å². The summed E-state index contributed by atoms with van der Waals surface area (Å²) in [6, 6.07) is 13.0. The van der Waals surface area contributed by atoms with Crippen LogP contribution in [-0.2, 0) is 14.3 Å². The van der Waals surface area contributed by atoms with E-state index in [-0.39, 0.29) is 25.2 Å². The van der Waals surface area contributed by atoms with Gasteiger partial charge in [-0.2, -0.15) is 0 Å². The highest BCUT2D eigenvalue weighted by Gasteiger charge is 2.13. The zero-order valence-corrected chi connectivity index (χ0v) is 16.6. The van der Waals surface area contributed by atoms with Crippen molar-refractivity contribution in [2.45, 2.75) is 26.8 Å². The van der Waals surface area contributed by atoms with Crippen LogP contribution in [0, 0.1) is 13.8 Å². The van der Waals surface area contributed by atoms with Gasteiger partial charge in [-0.1, -0.05) is 40.2 Å². The summed E-state index contributed by atoms with van der Waals surface area (Å²) in [5.74, 6) is -0.408. The lowest BCUT2D eigenvalue weighted by atomic mass is 10.0. The minimum Gasteiger partial charge on any atom is -0.482 e. The first-order chi connectivity index (χ1) is 12.3. The van der Waals surface area contributed by atoms with Gasteiger partial charge in [-0.15, -0.1) is 0 Å². The molecular formula is C20H22BrNO4. The third-order valence-electron chi connectivity index (χ3n) is 3.93. The Labute approximate surface area is 161 Å². The van der Waals surface area contributed by atoms with Gasteiger partial charge in [-0.25, -0.2) is 4.79 Å². The molecule has 0 aliphatic rings. The summed E-state index contributed by atoms with van der Waals surface area (Å²) in [7, 11) is 0. The summed E-state index contributed by atoms with van der Waals surface area (Å²) >= 11 is 3.32. The molecule has 0 saturated carbocycles. The molecule has 1 unspecified atom stereocenters. The first-order valence-corrected chi connectivity index (χ1v) is 9.05. The lowest BCUT2D eigenvalue weighted by Gasteiger charge is -2.16. The molecule has 1 amide bonds. The van der Waals surface area contributed by atoms with Crippen LogP contribution in [0.1, 0.15) is 29.7 Å². The lowest BCUT2D eigenvalue weighted by Crippen LogP contribution is -2.32. The van der Waals surface area contributed by atoms with Gasteiger partial charge in [-0.05, 0) is 55.7 Å². The van der Waals surface area contributed by atoms with Gasteiger partial charge in [0, 0.05) is 4.47 Å². The molecule has 0 heterocycles. The number of ether oxygens (including phenoxy) is 2. The van der Waals surface area contributed by atoms with Crippen molar-refractivity contribution in [1.29, 1.82) is 0 Å². The van der Waals surface area contributed by atoms with Gasteiger partial charge in [-0.3, -0.25) is 4.79 Å². The fourth-order valence-corrected chi connectivity index (χ4v) is 2.67. The highest BCUT2D eigenvalue weighted by Crippen LogP contribution is 2.18. The molecule has 6 heteroatoms. The number of amides is 1. The Morgan fingerprint density at radius 3 is 2.54 bits per heavy atom. The summed E-state index contributed by atoms with van der Waals surface area (Å²) in [6.45, 7) is 5.37. The minimum absolute atomic E-state index is 0.168. The summed E-state index contributed by atoms with van der Waals surface area (Å²) in [5.41, 5.74) is 3.37. The Balaban J connectivity index is 1.75. The quantitative estimate of drug-likeness (QED) is 0.691. The maximum absolute atomic E-state index is 12.0. The van der Waals surface area contributed by atoms with Crippen molar-refractivity contribution in [2.24, 2.45) is 0 Å². The highest BCUT2D eigenvalue weighted by molar-refractivity contribution is 9.10. The largest absolute Gasteiger partial charge is 0.482 e. The van der Waals surface area contributed by atoms with Crippen molar-refractivity contribution in [3.8, 4) is 5.75 Å². The maximum atomic E-state index is 12.0. The van der Waals surface area contributed by atoms with E-state index in [9.17, 15) is 9.59 Å². The molecule has 2 aromatic carbocycles. The zero-order chi connectivity index (χ0) is 19.1. The van der Waals surface area contributed by atoms with Crippen LogP contribution in [0.25, 0.3) is 0 Å². The van der Waals surface area contributed by atoms with Crippen molar-refractivity contribution < 1.29 is 19.1 Å². The molecule has 5 nitrogen and oxygen atoms in total. The number of carbonyl (C=O) groups is 2. The van der Waals surface area contributed by atoms with Gasteiger partial charge in [0.25, 0.3) is 5.91 Å². The topological polar surface area (TPSA) is 64.6 Å². The number of halogens is 1. The van der Waals surface area contributed by atoms with E-state index in [1.165, 1.54) is 11.1 Å². The summed E-state index contributed by atoms with van der Waals surface area (Å²) in [6.07, 6.45) is 0. The van der Waals surface area contributed by atoms with Crippen LogP contribution in [0.5, 0.6) is 5.75 Å². The SMILES string of the molecule is Cc1ccc(C(C)NC(=O)COC(=O)COc2cccc(Br)c2)cc1C. The molecule has 0 saturated heterocycles. The smallest absolute Gasteiger partial charge is 0.344 e. The number of carbonyl (C=O) groups excluding carboxylic acids is 2. The van der Waals surface area contributed by atoms with Gasteiger partial charge in [0.05, 0.1) is 6.04 Å². The van der Waals surface area contributed by atoms with Crippen molar-refractivity contribution in [2.75, 3.05) is 13.2 Å². The minimum atomic E-state index is -0.598. The fourth-order valence-electron chi connectivity index (χ4n) is 2.29. The molecule has 0 aliphatic carbocycles. The van der Waals surface area contributed by atoms with Gasteiger partial charge in [0.15, 0.2) is 13.2 Å². The van der Waals surface area contributed by atoms with Crippen LogP contribution in [0.15, 0.2) is 46.9 Å². The van der Waals surface area contributed by atoms with E-state index in [4.69, 9.17) is 9.47 Å². The molecule has 0 radical (unpaired) electrons. The second kappa shape index (κ2) is 9.38. The average molecular weight is 420 g/mol. The number of aryl methyl sites for hydroxylation is 2.